The van der Waals surface area contributed by atoms with E-state index in [9.17, 15) is 0 Å². The van der Waals surface area contributed by atoms with E-state index in [0.717, 1.165) is 0 Å². The van der Waals surface area contributed by atoms with Crippen molar-refractivity contribution in [2.24, 2.45) is 0 Å². The summed E-state index contributed by atoms with van der Waals surface area (Å²) < 4.78 is 0. The van der Waals surface area contributed by atoms with Crippen molar-refractivity contribution >= 4 is 16.3 Å². The van der Waals surface area contributed by atoms with Crippen LogP contribution >= 0.6 is 0 Å². The van der Waals surface area contributed by atoms with Crippen molar-refractivity contribution < 1.29 is 0 Å². The molecular formula is C12H15Al+2. The summed E-state index contributed by atoms with van der Waals surface area (Å²) in [6.07, 6.45) is 20.0. The molecule has 0 saturated heterocycles. The van der Waals surface area contributed by atoms with E-state index in [-0.39, 0.29) is 0 Å². The molecule has 2 aliphatic rings. The van der Waals surface area contributed by atoms with Crippen LogP contribution in [0.25, 0.3) is 0 Å². The van der Waals surface area contributed by atoms with Crippen molar-refractivity contribution in [2.45, 2.75) is 12.2 Å². The van der Waals surface area contributed by atoms with Gasteiger partial charge in [0.2, 0.25) is 0 Å². The average molecular weight is 186 g/mol. The van der Waals surface area contributed by atoms with Crippen molar-refractivity contribution in [2.75, 3.05) is 0 Å². The number of hydrogen-bond donors (Lipinski definition) is 0. The predicted octanol–water partition coefficient (Wildman–Crippen LogP) is 2.64. The van der Waals surface area contributed by atoms with Crippen LogP contribution in [0.15, 0.2) is 0 Å². The zero-order valence-corrected chi connectivity index (χ0v) is 9.21. The Bertz CT molecular complexity index is 48.0. The Morgan fingerprint density at radius 3 is 0.769 bits per heavy atom. The molecule has 0 N–H and O–H groups in total. The first-order chi connectivity index (χ1) is 6.41. The van der Waals surface area contributed by atoms with Gasteiger partial charge in [-0.3, -0.25) is 0 Å². The minimum absolute atomic E-state index is 1.17. The molecule has 64 valence electrons. The van der Waals surface area contributed by atoms with Gasteiger partial charge in [-0.25, -0.2) is 0 Å². The van der Waals surface area contributed by atoms with Gasteiger partial charge in [0.05, 0.1) is 0 Å². The minimum Gasteiger partial charge on any atom is -0.0312 e. The molecule has 10 radical (unpaired) electrons. The second-order valence-electron chi connectivity index (χ2n) is 2.33. The van der Waals surface area contributed by atoms with E-state index in [0.29, 0.717) is 0 Å². The van der Waals surface area contributed by atoms with Gasteiger partial charge in [-0.15, -0.1) is 0 Å². The maximum absolute atomic E-state index is 2.58. The first-order valence-corrected chi connectivity index (χ1v) is 5.27. The second-order valence-corrected chi connectivity index (χ2v) is 3.15. The van der Waals surface area contributed by atoms with Crippen molar-refractivity contribution in [3.05, 3.63) is 64.2 Å². The summed E-state index contributed by atoms with van der Waals surface area (Å²) in [5, 5.41) is 1.17. The maximum Gasteiger partial charge on any atom is -0.0312 e. The predicted molar refractivity (Wildman–Crippen MR) is 59.2 cm³/mol. The summed E-state index contributed by atoms with van der Waals surface area (Å²) >= 11 is 2.58. The Kier molecular flexibility index (Phi) is 13.0. The molecule has 0 atom stereocenters. The molecule has 0 amide bonds. The third-order valence-corrected chi connectivity index (χ3v) is 1.11. The zero-order valence-electron chi connectivity index (χ0n) is 8.06. The van der Waals surface area contributed by atoms with E-state index >= 15 is 0 Å². The summed E-state index contributed by atoms with van der Waals surface area (Å²) in [5.41, 5.74) is 0. The maximum atomic E-state index is 2.58. The molecule has 0 heterocycles. The Morgan fingerprint density at radius 1 is 0.615 bits per heavy atom. The van der Waals surface area contributed by atoms with Gasteiger partial charge in [-0.1, -0.05) is 0 Å². The van der Waals surface area contributed by atoms with E-state index in [1.54, 1.807) is 0 Å². The molecule has 2 fully saturated rings. The van der Waals surface area contributed by atoms with Crippen LogP contribution in [0.3, 0.4) is 0 Å². The summed E-state index contributed by atoms with van der Waals surface area (Å²) in [6.45, 7) is 2.09. The second kappa shape index (κ2) is 12.5. The van der Waals surface area contributed by atoms with E-state index in [1.165, 1.54) is 5.28 Å². The van der Waals surface area contributed by atoms with Gasteiger partial charge in [0.15, 0.2) is 0 Å². The van der Waals surface area contributed by atoms with E-state index in [2.05, 4.69) is 23.2 Å². The molecular weight excluding hydrogens is 171 g/mol. The molecule has 0 aromatic carbocycles. The molecule has 2 rings (SSSR count). The van der Waals surface area contributed by atoms with Gasteiger partial charge in [-0.05, 0) is 64.2 Å². The third-order valence-electron chi connectivity index (χ3n) is 1.11. The van der Waals surface area contributed by atoms with Crippen LogP contribution < -0.4 is 0 Å². The van der Waals surface area contributed by atoms with Crippen LogP contribution in [-0.2, 0) is 0 Å². The first-order valence-electron chi connectivity index (χ1n) is 4.45. The van der Waals surface area contributed by atoms with Gasteiger partial charge >= 0.3 is 28.5 Å². The standard InChI is InChI=1S/2C5H5.C2H5.Al/c2*1-2-4-5-3-1;1-2;/h2*1-5H;1H2,2H3;/q;;;+2. The Balaban J connectivity index is 0.000000174. The molecule has 2 saturated carbocycles. The molecule has 0 aromatic rings. The Morgan fingerprint density at radius 2 is 0.692 bits per heavy atom. The SMILES string of the molecule is C[CH2][Al+2].[CH]1[CH][CH][CH][CH]1.[CH]1[CH][CH][CH][CH]1. The molecule has 0 aliphatic heterocycles. The summed E-state index contributed by atoms with van der Waals surface area (Å²) in [5.74, 6) is 0. The van der Waals surface area contributed by atoms with Crippen LogP contribution in [0.2, 0.25) is 5.28 Å². The van der Waals surface area contributed by atoms with Crippen molar-refractivity contribution in [1.82, 2.24) is 0 Å². The molecule has 13 heavy (non-hydrogen) atoms. The normalized spacial score (nSPS) is 19.9. The topological polar surface area (TPSA) is 0 Å². The van der Waals surface area contributed by atoms with Gasteiger partial charge in [0, 0.05) is 0 Å². The number of rotatable bonds is 0. The van der Waals surface area contributed by atoms with Crippen molar-refractivity contribution in [3.8, 4) is 0 Å². The van der Waals surface area contributed by atoms with Crippen LogP contribution in [0.5, 0.6) is 0 Å². The summed E-state index contributed by atoms with van der Waals surface area (Å²) in [7, 11) is 0. The summed E-state index contributed by atoms with van der Waals surface area (Å²) in [4.78, 5) is 0. The third kappa shape index (κ3) is 12.5. The van der Waals surface area contributed by atoms with Crippen LogP contribution in [-0.4, -0.2) is 16.3 Å². The largest absolute Gasteiger partial charge is 0.0312 e. The fourth-order valence-corrected chi connectivity index (χ4v) is 0.642. The molecule has 1 heteroatoms. The minimum atomic E-state index is 1.17. The molecule has 0 nitrogen and oxygen atoms in total. The van der Waals surface area contributed by atoms with Gasteiger partial charge in [0.1, 0.15) is 0 Å². The summed E-state index contributed by atoms with van der Waals surface area (Å²) in [6, 6.07) is 0. The van der Waals surface area contributed by atoms with Gasteiger partial charge in [0.25, 0.3) is 0 Å². The first kappa shape index (κ1) is 13.5. The van der Waals surface area contributed by atoms with Crippen molar-refractivity contribution in [3.63, 3.8) is 0 Å². The molecule has 0 spiro atoms. The molecule has 2 aliphatic carbocycles. The fraction of sp³-hybridized carbons (Fsp3) is 0.167. The van der Waals surface area contributed by atoms with Crippen LogP contribution in [0.4, 0.5) is 0 Å². The quantitative estimate of drug-likeness (QED) is 0.510. The van der Waals surface area contributed by atoms with Gasteiger partial charge in [-0.2, -0.15) is 0 Å². The Labute approximate surface area is 92.9 Å². The van der Waals surface area contributed by atoms with E-state index in [1.807, 2.05) is 64.2 Å². The van der Waals surface area contributed by atoms with Crippen LogP contribution in [0.1, 0.15) is 6.92 Å². The van der Waals surface area contributed by atoms with Crippen molar-refractivity contribution in [1.29, 1.82) is 0 Å². The molecule has 0 unspecified atom stereocenters. The zero-order chi connectivity index (χ0) is 9.78. The van der Waals surface area contributed by atoms with Crippen LogP contribution in [0, 0.1) is 64.2 Å². The molecule has 0 aromatic heterocycles. The fourth-order valence-electron chi connectivity index (χ4n) is 0.642. The van der Waals surface area contributed by atoms with Gasteiger partial charge < -0.3 is 0 Å². The average Bonchev–Trinajstić information content (AvgIpc) is 2.85. The monoisotopic (exact) mass is 186 g/mol. The van der Waals surface area contributed by atoms with E-state index < -0.39 is 0 Å². The smallest absolute Gasteiger partial charge is 0.0312 e. The van der Waals surface area contributed by atoms with E-state index in [4.69, 9.17) is 0 Å². The number of hydrogen-bond acceptors (Lipinski definition) is 0. The Hall–Kier alpha value is 0.532. The molecule has 0 bridgehead atoms.